The Morgan fingerprint density at radius 2 is 0.836 bits per heavy atom. The third kappa shape index (κ3) is 4.26. The van der Waals surface area contributed by atoms with Crippen LogP contribution in [-0.2, 0) is 16.2 Å². The minimum atomic E-state index is -0.243. The molecular formula is C53H44N2. The Morgan fingerprint density at radius 3 is 1.45 bits per heavy atom. The molecule has 0 aliphatic carbocycles. The van der Waals surface area contributed by atoms with Crippen molar-refractivity contribution in [3.8, 4) is 11.1 Å². The molecular weight excluding hydrogens is 665 g/mol. The predicted molar refractivity (Wildman–Crippen MR) is 233 cm³/mol. The van der Waals surface area contributed by atoms with Gasteiger partial charge >= 0.3 is 0 Å². The van der Waals surface area contributed by atoms with Crippen LogP contribution in [0.15, 0.2) is 158 Å². The van der Waals surface area contributed by atoms with E-state index in [0.29, 0.717) is 0 Å². The van der Waals surface area contributed by atoms with Crippen molar-refractivity contribution in [2.45, 2.75) is 57.8 Å². The van der Waals surface area contributed by atoms with Gasteiger partial charge in [0, 0.05) is 33.0 Å². The summed E-state index contributed by atoms with van der Waals surface area (Å²) in [4.78, 5) is 5.19. The van der Waals surface area contributed by atoms with Crippen molar-refractivity contribution in [3.63, 3.8) is 0 Å². The van der Waals surface area contributed by atoms with Crippen LogP contribution in [0.2, 0.25) is 0 Å². The van der Waals surface area contributed by atoms with Crippen LogP contribution < -0.4 is 9.80 Å². The number of hydrogen-bond donors (Lipinski definition) is 0. The number of anilines is 6. The zero-order valence-electron chi connectivity index (χ0n) is 32.4. The summed E-state index contributed by atoms with van der Waals surface area (Å²) in [5, 5.41) is 4.98. The van der Waals surface area contributed by atoms with Gasteiger partial charge < -0.3 is 9.80 Å². The van der Waals surface area contributed by atoms with Crippen LogP contribution in [0.25, 0.3) is 32.7 Å². The number of hydrogen-bond acceptors (Lipinski definition) is 2. The molecule has 0 bridgehead atoms. The average Bonchev–Trinajstić information content (AvgIpc) is 3.20. The highest BCUT2D eigenvalue weighted by atomic mass is 15.2. The molecule has 0 saturated carbocycles. The highest BCUT2D eigenvalue weighted by molar-refractivity contribution is 6.03. The first-order chi connectivity index (χ1) is 26.6. The maximum Gasteiger partial charge on any atom is 0.0545 e. The first-order valence-corrected chi connectivity index (χ1v) is 19.7. The highest BCUT2D eigenvalue weighted by Gasteiger charge is 2.51. The van der Waals surface area contributed by atoms with E-state index in [-0.39, 0.29) is 16.2 Å². The first-order valence-electron chi connectivity index (χ1n) is 19.7. The number of para-hydroxylation sites is 2. The van der Waals surface area contributed by atoms with E-state index in [9.17, 15) is 0 Å². The predicted octanol–water partition coefficient (Wildman–Crippen LogP) is 14.5. The van der Waals surface area contributed by atoms with Crippen molar-refractivity contribution in [2.24, 2.45) is 0 Å². The van der Waals surface area contributed by atoms with E-state index >= 15 is 0 Å². The lowest BCUT2D eigenvalue weighted by molar-refractivity contribution is 0.566. The van der Waals surface area contributed by atoms with E-state index < -0.39 is 0 Å². The summed E-state index contributed by atoms with van der Waals surface area (Å²) >= 11 is 0. The van der Waals surface area contributed by atoms with Crippen LogP contribution in [0.5, 0.6) is 0 Å². The van der Waals surface area contributed by atoms with Gasteiger partial charge in [0.2, 0.25) is 0 Å². The number of benzene rings is 8. The largest absolute Gasteiger partial charge is 0.310 e. The third-order valence-corrected chi connectivity index (χ3v) is 13.3. The summed E-state index contributed by atoms with van der Waals surface area (Å²) in [6.07, 6.45) is 0. The Kier molecular flexibility index (Phi) is 6.45. The SMILES string of the molecule is CC1(C)c2cccc3c2N2c4c1cccc4C(C)(C)c1cc(N(c4cccc(-c5cccc6ccccc56)c4)c4cccc5ccccc45)cc(c12)C3(C)C. The molecule has 0 amide bonds. The van der Waals surface area contributed by atoms with E-state index in [1.165, 1.54) is 94.5 Å². The number of rotatable bonds is 4. The molecule has 0 spiro atoms. The van der Waals surface area contributed by atoms with Crippen molar-refractivity contribution in [1.82, 2.24) is 0 Å². The van der Waals surface area contributed by atoms with Gasteiger partial charge in [-0.05, 0) is 91.0 Å². The molecule has 8 aromatic rings. The van der Waals surface area contributed by atoms with Crippen LogP contribution in [0, 0.1) is 0 Å². The first kappa shape index (κ1) is 32.3. The van der Waals surface area contributed by atoms with E-state index in [0.717, 1.165) is 5.69 Å². The molecule has 266 valence electrons. The second kappa shape index (κ2) is 11.0. The molecule has 0 unspecified atom stereocenters. The lowest BCUT2D eigenvalue weighted by Crippen LogP contribution is -2.43. The van der Waals surface area contributed by atoms with Crippen molar-refractivity contribution < 1.29 is 0 Å². The van der Waals surface area contributed by atoms with Gasteiger partial charge in [0.25, 0.3) is 0 Å². The van der Waals surface area contributed by atoms with Crippen LogP contribution >= 0.6 is 0 Å². The smallest absolute Gasteiger partial charge is 0.0545 e. The van der Waals surface area contributed by atoms with Crippen molar-refractivity contribution in [1.29, 1.82) is 0 Å². The fourth-order valence-corrected chi connectivity index (χ4v) is 10.4. The molecule has 3 aliphatic rings. The summed E-state index contributed by atoms with van der Waals surface area (Å²) < 4.78 is 0. The summed E-state index contributed by atoms with van der Waals surface area (Å²) in [6.45, 7) is 14.6. The maximum atomic E-state index is 2.66. The molecule has 0 radical (unpaired) electrons. The Bertz CT molecular complexity index is 2820. The maximum absolute atomic E-state index is 2.66. The van der Waals surface area contributed by atoms with Crippen LogP contribution in [0.1, 0.15) is 74.9 Å². The molecule has 2 heteroatoms. The molecule has 0 aromatic heterocycles. The van der Waals surface area contributed by atoms with Crippen molar-refractivity contribution in [3.05, 3.63) is 191 Å². The van der Waals surface area contributed by atoms with E-state index in [1.807, 2.05) is 0 Å². The molecule has 11 rings (SSSR count). The Balaban J connectivity index is 1.22. The lowest BCUT2D eigenvalue weighted by Gasteiger charge is -2.55. The average molecular weight is 709 g/mol. The van der Waals surface area contributed by atoms with E-state index in [2.05, 4.69) is 209 Å². The second-order valence-corrected chi connectivity index (χ2v) is 17.4. The molecule has 0 atom stereocenters. The molecule has 0 saturated heterocycles. The minimum Gasteiger partial charge on any atom is -0.310 e. The molecule has 2 nitrogen and oxygen atoms in total. The second-order valence-electron chi connectivity index (χ2n) is 17.4. The Morgan fingerprint density at radius 1 is 0.382 bits per heavy atom. The molecule has 0 N–H and O–H groups in total. The summed E-state index contributed by atoms with van der Waals surface area (Å²) in [5.41, 5.74) is 17.8. The Labute approximate surface area is 324 Å². The summed E-state index contributed by atoms with van der Waals surface area (Å²) in [7, 11) is 0. The molecule has 55 heavy (non-hydrogen) atoms. The Hall–Kier alpha value is -6.12. The standard InChI is InChI=1S/C53H44N2/c1-51(2)41-25-14-27-43-48(41)55-49-42(51)26-15-28-44(49)53(5,6)46-32-37(31-45(50(46)55)52(43,3)4)54(47-29-13-19-34-17-8-10-23-40(34)47)36-21-11-20-35(30-36)39-24-12-18-33-16-7-9-22-38(33)39/h7-32H,1-6H3. The van der Waals surface area contributed by atoms with Gasteiger partial charge in [-0.3, -0.25) is 0 Å². The zero-order chi connectivity index (χ0) is 37.4. The molecule has 8 aromatic carbocycles. The van der Waals surface area contributed by atoms with Crippen LogP contribution in [0.4, 0.5) is 34.1 Å². The van der Waals surface area contributed by atoms with E-state index in [4.69, 9.17) is 0 Å². The van der Waals surface area contributed by atoms with Gasteiger partial charge in [0.15, 0.2) is 0 Å². The van der Waals surface area contributed by atoms with Gasteiger partial charge in [0.05, 0.1) is 22.7 Å². The number of fused-ring (bicyclic) bond motifs is 2. The van der Waals surface area contributed by atoms with Crippen LogP contribution in [-0.4, -0.2) is 0 Å². The molecule has 3 heterocycles. The van der Waals surface area contributed by atoms with Gasteiger partial charge in [-0.15, -0.1) is 0 Å². The number of nitrogens with zero attached hydrogens (tertiary/aromatic N) is 2. The van der Waals surface area contributed by atoms with Crippen molar-refractivity contribution in [2.75, 3.05) is 9.80 Å². The summed E-state index contributed by atoms with van der Waals surface area (Å²) in [5.74, 6) is 0. The third-order valence-electron chi connectivity index (χ3n) is 13.3. The van der Waals surface area contributed by atoms with Gasteiger partial charge in [-0.1, -0.05) is 169 Å². The minimum absolute atomic E-state index is 0.117. The fraction of sp³-hybridized carbons (Fsp3) is 0.170. The van der Waals surface area contributed by atoms with E-state index in [1.54, 1.807) is 0 Å². The van der Waals surface area contributed by atoms with Gasteiger partial charge in [-0.2, -0.15) is 0 Å². The topological polar surface area (TPSA) is 6.48 Å². The van der Waals surface area contributed by atoms with Crippen molar-refractivity contribution >= 4 is 55.7 Å². The lowest BCUT2D eigenvalue weighted by atomic mass is 9.61. The fourth-order valence-electron chi connectivity index (χ4n) is 10.4. The quantitative estimate of drug-likeness (QED) is 0.180. The van der Waals surface area contributed by atoms with Gasteiger partial charge in [0.1, 0.15) is 0 Å². The zero-order valence-corrected chi connectivity index (χ0v) is 32.4. The normalized spacial score (nSPS) is 16.2. The summed E-state index contributed by atoms with van der Waals surface area (Å²) in [6, 6.07) is 59.2. The van der Waals surface area contributed by atoms with Crippen LogP contribution in [0.3, 0.4) is 0 Å². The molecule has 0 fully saturated rings. The monoisotopic (exact) mass is 708 g/mol. The van der Waals surface area contributed by atoms with Gasteiger partial charge in [-0.25, -0.2) is 0 Å². The highest BCUT2D eigenvalue weighted by Crippen LogP contribution is 2.66. The molecule has 3 aliphatic heterocycles.